The van der Waals surface area contributed by atoms with E-state index in [9.17, 15) is 14.4 Å². The third-order valence-electron chi connectivity index (χ3n) is 5.25. The molecule has 0 saturated heterocycles. The first-order valence-electron chi connectivity index (χ1n) is 12.6. The average molecular weight is 488 g/mol. The minimum atomic E-state index is -0.856. The summed E-state index contributed by atoms with van der Waals surface area (Å²) in [5, 5.41) is 5.73. The zero-order chi connectivity index (χ0) is 26.8. The van der Waals surface area contributed by atoms with Gasteiger partial charge in [0.1, 0.15) is 17.7 Å². The monoisotopic (exact) mass is 487 g/mol. The van der Waals surface area contributed by atoms with Crippen molar-refractivity contribution in [3.63, 3.8) is 0 Å². The number of ether oxygens (including phenoxy) is 1. The van der Waals surface area contributed by atoms with Crippen LogP contribution in [0.3, 0.4) is 0 Å². The lowest BCUT2D eigenvalue weighted by atomic mass is 9.97. The highest BCUT2D eigenvalue weighted by Crippen LogP contribution is 2.26. The van der Waals surface area contributed by atoms with Gasteiger partial charge >= 0.3 is 6.09 Å². The molecule has 35 heavy (non-hydrogen) atoms. The summed E-state index contributed by atoms with van der Waals surface area (Å²) in [4.78, 5) is 41.5. The molecule has 0 radical (unpaired) electrons. The molecule has 0 aliphatic heterocycles. The van der Waals surface area contributed by atoms with Crippen LogP contribution in [0.2, 0.25) is 0 Å². The van der Waals surface area contributed by atoms with Crippen molar-refractivity contribution in [1.29, 1.82) is 0 Å². The fourth-order valence-corrected chi connectivity index (χ4v) is 3.93. The second-order valence-electron chi connectivity index (χ2n) is 10.6. The molecule has 1 aromatic rings. The predicted octanol–water partition coefficient (Wildman–Crippen LogP) is 5.21. The second-order valence-corrected chi connectivity index (χ2v) is 10.6. The first kappa shape index (κ1) is 30.2. The van der Waals surface area contributed by atoms with E-state index >= 15 is 0 Å². The normalized spacial score (nSPS) is 13.1. The second kappa shape index (κ2) is 13.9. The summed E-state index contributed by atoms with van der Waals surface area (Å²) in [5.41, 5.74) is 2.04. The summed E-state index contributed by atoms with van der Waals surface area (Å²) < 4.78 is 5.41. The van der Waals surface area contributed by atoms with E-state index in [4.69, 9.17) is 4.74 Å². The van der Waals surface area contributed by atoms with Gasteiger partial charge in [-0.3, -0.25) is 9.59 Å². The third-order valence-corrected chi connectivity index (χ3v) is 5.25. The van der Waals surface area contributed by atoms with Crippen LogP contribution in [0.15, 0.2) is 30.9 Å². The van der Waals surface area contributed by atoms with Crippen LogP contribution >= 0.6 is 0 Å². The van der Waals surface area contributed by atoms with Crippen molar-refractivity contribution in [1.82, 2.24) is 15.5 Å². The number of benzene rings is 1. The van der Waals surface area contributed by atoms with Crippen LogP contribution in [0.5, 0.6) is 0 Å². The van der Waals surface area contributed by atoms with Crippen molar-refractivity contribution in [2.75, 3.05) is 13.1 Å². The Labute approximate surface area is 211 Å². The Morgan fingerprint density at radius 1 is 1.11 bits per heavy atom. The lowest BCUT2D eigenvalue weighted by Gasteiger charge is -2.34. The number of nitrogens with zero attached hydrogens (tertiary/aromatic N) is 1. The molecular formula is C28H45N3O4. The Morgan fingerprint density at radius 3 is 2.20 bits per heavy atom. The molecule has 196 valence electrons. The SMILES string of the molecule is C=CCN(C(=O)C(CC(C)C)NC(=O)OC(C)(C)C)C(C(=O)NCCCC)c1cc(C)cc(C)c1. The summed E-state index contributed by atoms with van der Waals surface area (Å²) in [5.74, 6) is -0.471. The zero-order valence-corrected chi connectivity index (χ0v) is 22.9. The Kier molecular flexibility index (Phi) is 12.0. The molecule has 7 nitrogen and oxygen atoms in total. The largest absolute Gasteiger partial charge is 0.444 e. The van der Waals surface area contributed by atoms with Crippen LogP contribution in [0, 0.1) is 19.8 Å². The number of carbonyl (C=O) groups excluding carboxylic acids is 3. The average Bonchev–Trinajstić information content (AvgIpc) is 2.70. The minimum Gasteiger partial charge on any atom is -0.444 e. The fraction of sp³-hybridized carbons (Fsp3) is 0.607. The Balaban J connectivity index is 3.45. The van der Waals surface area contributed by atoms with Gasteiger partial charge in [0.15, 0.2) is 0 Å². The first-order valence-corrected chi connectivity index (χ1v) is 12.6. The van der Waals surface area contributed by atoms with Gasteiger partial charge in [-0.15, -0.1) is 6.58 Å². The molecule has 0 fully saturated rings. The van der Waals surface area contributed by atoms with E-state index in [-0.39, 0.29) is 24.3 Å². The summed E-state index contributed by atoms with van der Waals surface area (Å²) in [7, 11) is 0. The van der Waals surface area contributed by atoms with Gasteiger partial charge in [0, 0.05) is 13.1 Å². The molecule has 0 heterocycles. The van der Waals surface area contributed by atoms with Crippen LogP contribution in [0.25, 0.3) is 0 Å². The van der Waals surface area contributed by atoms with Gasteiger partial charge < -0.3 is 20.3 Å². The van der Waals surface area contributed by atoms with E-state index in [1.165, 1.54) is 4.90 Å². The maximum Gasteiger partial charge on any atom is 0.408 e. The van der Waals surface area contributed by atoms with Crippen LogP contribution in [0.1, 0.15) is 83.5 Å². The maximum atomic E-state index is 13.9. The van der Waals surface area contributed by atoms with E-state index in [1.54, 1.807) is 26.8 Å². The molecule has 2 atom stereocenters. The molecule has 1 aromatic carbocycles. The third kappa shape index (κ3) is 10.5. The van der Waals surface area contributed by atoms with Gasteiger partial charge in [0.25, 0.3) is 0 Å². The molecule has 2 unspecified atom stereocenters. The van der Waals surface area contributed by atoms with Gasteiger partial charge in [0.05, 0.1) is 0 Å². The van der Waals surface area contributed by atoms with Crippen molar-refractivity contribution >= 4 is 17.9 Å². The summed E-state index contributed by atoms with van der Waals surface area (Å²) in [6, 6.07) is 4.19. The highest BCUT2D eigenvalue weighted by atomic mass is 16.6. The maximum absolute atomic E-state index is 13.9. The molecule has 3 amide bonds. The molecule has 0 bridgehead atoms. The Bertz CT molecular complexity index is 853. The number of unbranched alkanes of at least 4 members (excludes halogenated alkanes) is 1. The number of alkyl carbamates (subject to hydrolysis) is 1. The standard InChI is InChI=1S/C28H45N3O4/c1-10-12-13-29-25(32)24(22-17-20(5)16-21(6)18-22)31(14-11-2)26(33)23(15-19(3)4)30-27(34)35-28(7,8)9/h11,16-19,23-24H,2,10,12-15H2,1,3-9H3,(H,29,32)(H,30,34). The molecule has 0 aliphatic carbocycles. The molecule has 1 rings (SSSR count). The topological polar surface area (TPSA) is 87.7 Å². The number of amides is 3. The quantitative estimate of drug-likeness (QED) is 0.313. The minimum absolute atomic E-state index is 0.127. The highest BCUT2D eigenvalue weighted by molar-refractivity contribution is 5.92. The number of nitrogens with one attached hydrogen (secondary N) is 2. The van der Waals surface area contributed by atoms with Gasteiger partial charge in [0.2, 0.25) is 11.8 Å². The van der Waals surface area contributed by atoms with Gasteiger partial charge in [-0.2, -0.15) is 0 Å². The number of rotatable bonds is 12. The van der Waals surface area contributed by atoms with E-state index < -0.39 is 23.8 Å². The lowest BCUT2D eigenvalue weighted by Crippen LogP contribution is -2.53. The summed E-state index contributed by atoms with van der Waals surface area (Å²) in [6.07, 6.45) is 3.14. The van der Waals surface area contributed by atoms with E-state index in [0.717, 1.165) is 29.5 Å². The number of carbonyl (C=O) groups is 3. The van der Waals surface area contributed by atoms with E-state index in [1.807, 2.05) is 45.9 Å². The lowest BCUT2D eigenvalue weighted by molar-refractivity contribution is -0.142. The Morgan fingerprint density at radius 2 is 1.71 bits per heavy atom. The molecular weight excluding hydrogens is 442 g/mol. The van der Waals surface area contributed by atoms with Crippen molar-refractivity contribution in [2.24, 2.45) is 5.92 Å². The number of hydrogen-bond donors (Lipinski definition) is 2. The zero-order valence-electron chi connectivity index (χ0n) is 22.9. The molecule has 0 aliphatic rings. The van der Waals surface area contributed by atoms with E-state index in [2.05, 4.69) is 24.1 Å². The smallest absolute Gasteiger partial charge is 0.408 e. The van der Waals surface area contributed by atoms with Crippen molar-refractivity contribution < 1.29 is 19.1 Å². The summed E-state index contributed by atoms with van der Waals surface area (Å²) >= 11 is 0. The number of aryl methyl sites for hydroxylation is 2. The molecule has 7 heteroatoms. The van der Waals surface area contributed by atoms with Gasteiger partial charge in [-0.05, 0) is 58.9 Å². The summed E-state index contributed by atoms with van der Waals surface area (Å²) in [6.45, 7) is 19.8. The van der Waals surface area contributed by atoms with Crippen LogP contribution in [-0.2, 0) is 14.3 Å². The Hall–Kier alpha value is -2.83. The van der Waals surface area contributed by atoms with Crippen molar-refractivity contribution in [2.45, 2.75) is 92.3 Å². The van der Waals surface area contributed by atoms with Crippen molar-refractivity contribution in [3.8, 4) is 0 Å². The van der Waals surface area contributed by atoms with Crippen LogP contribution < -0.4 is 10.6 Å². The predicted molar refractivity (Wildman–Crippen MR) is 141 cm³/mol. The highest BCUT2D eigenvalue weighted by Gasteiger charge is 2.36. The molecule has 0 spiro atoms. The first-order chi connectivity index (χ1) is 16.3. The molecule has 0 aromatic heterocycles. The van der Waals surface area contributed by atoms with Crippen molar-refractivity contribution in [3.05, 3.63) is 47.5 Å². The van der Waals surface area contributed by atoms with Gasteiger partial charge in [-0.1, -0.05) is 62.6 Å². The van der Waals surface area contributed by atoms with Crippen LogP contribution in [-0.4, -0.2) is 47.5 Å². The van der Waals surface area contributed by atoms with E-state index in [0.29, 0.717) is 13.0 Å². The fourth-order valence-electron chi connectivity index (χ4n) is 3.93. The molecule has 0 saturated carbocycles. The number of hydrogen-bond acceptors (Lipinski definition) is 4. The van der Waals surface area contributed by atoms with Crippen LogP contribution in [0.4, 0.5) is 4.79 Å². The van der Waals surface area contributed by atoms with Gasteiger partial charge in [-0.25, -0.2) is 4.79 Å². The molecule has 2 N–H and O–H groups in total.